The third kappa shape index (κ3) is 4.94. The van der Waals surface area contributed by atoms with Gasteiger partial charge in [0.25, 0.3) is 5.91 Å². The molecule has 0 saturated heterocycles. The molecule has 0 unspecified atom stereocenters. The van der Waals surface area contributed by atoms with E-state index in [1.54, 1.807) is 37.4 Å². The van der Waals surface area contributed by atoms with E-state index in [0.717, 1.165) is 0 Å². The quantitative estimate of drug-likeness (QED) is 0.659. The lowest BCUT2D eigenvalue weighted by Gasteiger charge is -2.14. The highest BCUT2D eigenvalue weighted by Crippen LogP contribution is 2.28. The van der Waals surface area contributed by atoms with Gasteiger partial charge >= 0.3 is 0 Å². The van der Waals surface area contributed by atoms with E-state index < -0.39 is 11.3 Å². The monoisotopic (exact) mass is 416 g/mol. The number of amides is 1. The summed E-state index contributed by atoms with van der Waals surface area (Å²) < 4.78 is 25.2. The second-order valence-electron chi connectivity index (χ2n) is 6.21. The zero-order chi connectivity index (χ0) is 21.0. The number of carbonyl (C=O) groups excluding carboxylic acids is 1. The van der Waals surface area contributed by atoms with Crippen LogP contribution in [0.5, 0.6) is 11.5 Å². The van der Waals surface area contributed by atoms with E-state index in [0.29, 0.717) is 22.0 Å². The largest absolute Gasteiger partial charge is 0.495 e. The van der Waals surface area contributed by atoms with E-state index in [9.17, 15) is 14.0 Å². The van der Waals surface area contributed by atoms with Gasteiger partial charge in [0.05, 0.1) is 19.0 Å². The molecule has 3 rings (SSSR count). The van der Waals surface area contributed by atoms with Crippen molar-refractivity contribution in [2.75, 3.05) is 12.4 Å². The van der Waals surface area contributed by atoms with E-state index >= 15 is 0 Å². The zero-order valence-corrected chi connectivity index (χ0v) is 16.5. The molecule has 1 heterocycles. The lowest BCUT2D eigenvalue weighted by molar-refractivity contribution is 0.101. The highest BCUT2D eigenvalue weighted by Gasteiger charge is 2.15. The van der Waals surface area contributed by atoms with Gasteiger partial charge in [-0.05, 0) is 35.9 Å². The molecule has 0 fully saturated rings. The van der Waals surface area contributed by atoms with Crippen LogP contribution in [0.1, 0.15) is 16.1 Å². The molecule has 1 amide bonds. The van der Waals surface area contributed by atoms with E-state index in [1.165, 1.54) is 36.1 Å². The minimum Gasteiger partial charge on any atom is -0.495 e. The van der Waals surface area contributed by atoms with Gasteiger partial charge in [-0.1, -0.05) is 23.7 Å². The lowest BCUT2D eigenvalue weighted by atomic mass is 10.2. The van der Waals surface area contributed by atoms with E-state index in [1.807, 2.05) is 0 Å². The summed E-state index contributed by atoms with van der Waals surface area (Å²) >= 11 is 5.98. The number of pyridine rings is 1. The van der Waals surface area contributed by atoms with Crippen molar-refractivity contribution >= 4 is 23.2 Å². The number of aromatic nitrogens is 1. The van der Waals surface area contributed by atoms with Crippen LogP contribution in [0.2, 0.25) is 5.02 Å². The van der Waals surface area contributed by atoms with E-state index in [2.05, 4.69) is 5.32 Å². The van der Waals surface area contributed by atoms with Gasteiger partial charge in [-0.15, -0.1) is 0 Å². The molecule has 0 aliphatic carbocycles. The molecule has 2 aromatic carbocycles. The normalized spacial score (nSPS) is 10.5. The van der Waals surface area contributed by atoms with Gasteiger partial charge in [0, 0.05) is 18.1 Å². The highest BCUT2D eigenvalue weighted by molar-refractivity contribution is 6.31. The summed E-state index contributed by atoms with van der Waals surface area (Å²) in [5, 5.41) is 3.11. The number of aryl methyl sites for hydroxylation is 1. The minimum absolute atomic E-state index is 0.0775. The third-order valence-electron chi connectivity index (χ3n) is 4.15. The molecule has 0 atom stereocenters. The van der Waals surface area contributed by atoms with Gasteiger partial charge in [0.15, 0.2) is 5.75 Å². The number of halogens is 2. The summed E-state index contributed by atoms with van der Waals surface area (Å²) in [6, 6.07) is 11.8. The standard InChI is InChI=1S/C21H18ClFN2O4/c1-25-11-20(29-12-13-3-6-15(23)7-4-13)18(26)10-17(25)21(27)24-16-9-14(22)5-8-19(16)28-2/h3-11H,12H2,1-2H3,(H,24,27). The molecule has 3 aromatic rings. The molecule has 8 heteroatoms. The molecule has 0 radical (unpaired) electrons. The number of anilines is 1. The topological polar surface area (TPSA) is 69.6 Å². The maximum atomic E-state index is 13.0. The summed E-state index contributed by atoms with van der Waals surface area (Å²) in [7, 11) is 3.09. The number of ether oxygens (including phenoxy) is 2. The Morgan fingerprint density at radius 2 is 1.86 bits per heavy atom. The Labute approximate surface area is 171 Å². The minimum atomic E-state index is -0.504. The van der Waals surface area contributed by atoms with Gasteiger partial charge in [-0.2, -0.15) is 0 Å². The zero-order valence-electron chi connectivity index (χ0n) is 15.7. The van der Waals surface area contributed by atoms with Crippen LogP contribution < -0.4 is 20.2 Å². The summed E-state index contributed by atoms with van der Waals surface area (Å²) in [5.74, 6) is -0.340. The molecule has 6 nitrogen and oxygen atoms in total. The van der Waals surface area contributed by atoms with Crippen molar-refractivity contribution < 1.29 is 18.7 Å². The van der Waals surface area contributed by atoms with Crippen LogP contribution in [-0.2, 0) is 13.7 Å². The van der Waals surface area contributed by atoms with Crippen molar-refractivity contribution in [1.82, 2.24) is 4.57 Å². The number of hydrogen-bond acceptors (Lipinski definition) is 4. The SMILES string of the molecule is COc1ccc(Cl)cc1NC(=O)c1cc(=O)c(OCc2ccc(F)cc2)cn1C. The van der Waals surface area contributed by atoms with E-state index in [-0.39, 0.29) is 23.9 Å². The molecule has 29 heavy (non-hydrogen) atoms. The molecular formula is C21H18ClFN2O4. The maximum Gasteiger partial charge on any atom is 0.272 e. The van der Waals surface area contributed by atoms with Crippen molar-refractivity contribution in [2.24, 2.45) is 7.05 Å². The maximum absolute atomic E-state index is 13.0. The molecule has 0 bridgehead atoms. The number of rotatable bonds is 6. The molecule has 0 spiro atoms. The summed E-state index contributed by atoms with van der Waals surface area (Å²) in [5.41, 5.74) is 0.775. The van der Waals surface area contributed by atoms with Crippen LogP contribution in [0.15, 0.2) is 59.5 Å². The van der Waals surface area contributed by atoms with Crippen LogP contribution in [0.3, 0.4) is 0 Å². The summed E-state index contributed by atoms with van der Waals surface area (Å²) in [6.45, 7) is 0.0980. The number of hydrogen-bond donors (Lipinski definition) is 1. The second-order valence-corrected chi connectivity index (χ2v) is 6.65. The van der Waals surface area contributed by atoms with Crippen molar-refractivity contribution in [2.45, 2.75) is 6.61 Å². The fourth-order valence-electron chi connectivity index (χ4n) is 2.65. The van der Waals surface area contributed by atoms with Crippen molar-refractivity contribution in [1.29, 1.82) is 0 Å². The molecule has 150 valence electrons. The predicted octanol–water partition coefficient (Wildman–Crippen LogP) is 4.02. The highest BCUT2D eigenvalue weighted by atomic mass is 35.5. The summed E-state index contributed by atoms with van der Waals surface area (Å²) in [6.07, 6.45) is 1.43. The molecular weight excluding hydrogens is 399 g/mol. The Kier molecular flexibility index (Phi) is 6.19. The first-order valence-electron chi connectivity index (χ1n) is 8.60. The van der Waals surface area contributed by atoms with Crippen molar-refractivity contribution in [3.05, 3.63) is 87.0 Å². The van der Waals surface area contributed by atoms with Gasteiger partial charge in [-0.3, -0.25) is 9.59 Å². The summed E-state index contributed by atoms with van der Waals surface area (Å²) in [4.78, 5) is 25.0. The second kappa shape index (κ2) is 8.79. The molecule has 0 aliphatic rings. The molecule has 0 saturated carbocycles. The van der Waals surface area contributed by atoms with Crippen molar-refractivity contribution in [3.8, 4) is 11.5 Å². The van der Waals surface area contributed by atoms with Crippen LogP contribution in [0.4, 0.5) is 10.1 Å². The fourth-order valence-corrected chi connectivity index (χ4v) is 2.82. The number of benzene rings is 2. The van der Waals surface area contributed by atoms with Crippen LogP contribution in [0.25, 0.3) is 0 Å². The average Bonchev–Trinajstić information content (AvgIpc) is 2.69. The Hall–Kier alpha value is -3.32. The number of methoxy groups -OCH3 is 1. The Morgan fingerprint density at radius 3 is 2.55 bits per heavy atom. The van der Waals surface area contributed by atoms with Crippen LogP contribution in [0, 0.1) is 5.82 Å². The van der Waals surface area contributed by atoms with E-state index in [4.69, 9.17) is 21.1 Å². The van der Waals surface area contributed by atoms with Gasteiger partial charge in [0.1, 0.15) is 23.9 Å². The molecule has 0 aliphatic heterocycles. The van der Waals surface area contributed by atoms with Crippen LogP contribution >= 0.6 is 11.6 Å². The number of carbonyl (C=O) groups is 1. The molecule has 1 aromatic heterocycles. The first-order chi connectivity index (χ1) is 13.9. The Morgan fingerprint density at radius 1 is 1.14 bits per heavy atom. The van der Waals surface area contributed by atoms with Crippen molar-refractivity contribution in [3.63, 3.8) is 0 Å². The smallest absolute Gasteiger partial charge is 0.272 e. The molecule has 1 N–H and O–H groups in total. The Bertz CT molecular complexity index is 1100. The number of nitrogens with zero attached hydrogens (tertiary/aromatic N) is 1. The average molecular weight is 417 g/mol. The Balaban J connectivity index is 1.78. The first-order valence-corrected chi connectivity index (χ1v) is 8.98. The fraction of sp³-hybridized carbons (Fsp3) is 0.143. The lowest BCUT2D eigenvalue weighted by Crippen LogP contribution is -2.22. The first kappa shape index (κ1) is 20.4. The number of nitrogens with one attached hydrogen (secondary N) is 1. The van der Waals surface area contributed by atoms with Gasteiger partial charge < -0.3 is 19.4 Å². The van der Waals surface area contributed by atoms with Gasteiger partial charge in [-0.25, -0.2) is 4.39 Å². The van der Waals surface area contributed by atoms with Crippen LogP contribution in [-0.4, -0.2) is 17.6 Å². The van der Waals surface area contributed by atoms with Gasteiger partial charge in [0.2, 0.25) is 5.43 Å². The third-order valence-corrected chi connectivity index (χ3v) is 4.39. The predicted molar refractivity (Wildman–Crippen MR) is 108 cm³/mol.